The number of H-pyrrole nitrogens is 1. The number of aromatic nitrogens is 1. The van der Waals surface area contributed by atoms with Crippen LogP contribution in [0.25, 0.3) is 10.9 Å². The summed E-state index contributed by atoms with van der Waals surface area (Å²) in [5.74, 6) is 0.186. The number of rotatable bonds is 2. The molecule has 1 aliphatic carbocycles. The van der Waals surface area contributed by atoms with Crippen LogP contribution in [0.2, 0.25) is 0 Å². The van der Waals surface area contributed by atoms with Gasteiger partial charge in [-0.3, -0.25) is 4.79 Å². The fourth-order valence-corrected chi connectivity index (χ4v) is 3.34. The number of nitrogens with one attached hydrogen (secondary N) is 1. The Morgan fingerprint density at radius 1 is 1.30 bits per heavy atom. The molecule has 0 aliphatic heterocycles. The van der Waals surface area contributed by atoms with Crippen LogP contribution in [-0.4, -0.2) is 10.8 Å². The number of carbonyl (C=O) groups excluding carboxylic acids is 1. The number of carbonyl (C=O) groups is 1. The van der Waals surface area contributed by atoms with Crippen LogP contribution in [0.5, 0.6) is 0 Å². The molecule has 3 nitrogen and oxygen atoms in total. The van der Waals surface area contributed by atoms with Crippen molar-refractivity contribution in [2.24, 2.45) is 5.41 Å². The number of aromatic amines is 1. The van der Waals surface area contributed by atoms with E-state index in [2.05, 4.69) is 18.0 Å². The summed E-state index contributed by atoms with van der Waals surface area (Å²) in [6, 6.07) is 7.72. The maximum absolute atomic E-state index is 12.9. The SMILES string of the molecule is CC1(C(=O)c2c[nH]c3cccc(C#N)c23)CCCCC1. The summed E-state index contributed by atoms with van der Waals surface area (Å²) in [7, 11) is 0. The summed E-state index contributed by atoms with van der Waals surface area (Å²) in [5.41, 5.74) is 1.86. The van der Waals surface area contributed by atoms with Gasteiger partial charge in [-0.1, -0.05) is 32.3 Å². The van der Waals surface area contributed by atoms with Gasteiger partial charge in [-0.2, -0.15) is 5.26 Å². The minimum atomic E-state index is -0.268. The lowest BCUT2D eigenvalue weighted by atomic mass is 9.71. The van der Waals surface area contributed by atoms with Crippen LogP contribution in [0.15, 0.2) is 24.4 Å². The van der Waals surface area contributed by atoms with Crippen LogP contribution in [0.4, 0.5) is 0 Å². The molecule has 1 aliphatic rings. The Hall–Kier alpha value is -2.08. The number of nitrogens with zero attached hydrogens (tertiary/aromatic N) is 1. The average Bonchev–Trinajstić information content (AvgIpc) is 2.91. The standard InChI is InChI=1S/C17H18N2O/c1-17(8-3-2-4-9-17)16(20)13-11-19-14-7-5-6-12(10-18)15(13)14/h5-7,11,19H,2-4,8-9H2,1H3. The number of hydrogen-bond acceptors (Lipinski definition) is 2. The van der Waals surface area contributed by atoms with Crippen LogP contribution in [0.1, 0.15) is 54.9 Å². The second-order valence-corrected chi connectivity index (χ2v) is 5.99. The third kappa shape index (κ3) is 1.92. The van der Waals surface area contributed by atoms with Crippen molar-refractivity contribution in [1.82, 2.24) is 4.98 Å². The molecule has 20 heavy (non-hydrogen) atoms. The Bertz CT molecular complexity index is 699. The first kappa shape index (κ1) is 12.9. The summed E-state index contributed by atoms with van der Waals surface area (Å²) in [6.45, 7) is 2.07. The van der Waals surface area contributed by atoms with E-state index in [1.807, 2.05) is 12.1 Å². The molecule has 1 saturated carbocycles. The predicted molar refractivity (Wildman–Crippen MR) is 78.5 cm³/mol. The van der Waals surface area contributed by atoms with Gasteiger partial charge in [0.2, 0.25) is 0 Å². The van der Waals surface area contributed by atoms with E-state index in [1.165, 1.54) is 6.42 Å². The first-order valence-corrected chi connectivity index (χ1v) is 7.21. The fraction of sp³-hybridized carbons (Fsp3) is 0.412. The Kier molecular flexibility index (Phi) is 3.10. The zero-order valence-electron chi connectivity index (χ0n) is 11.7. The largest absolute Gasteiger partial charge is 0.360 e. The Morgan fingerprint density at radius 3 is 2.75 bits per heavy atom. The molecule has 0 atom stereocenters. The van der Waals surface area contributed by atoms with Crippen molar-refractivity contribution in [3.8, 4) is 6.07 Å². The maximum atomic E-state index is 12.9. The molecule has 1 aromatic carbocycles. The third-order valence-electron chi connectivity index (χ3n) is 4.58. The van der Waals surface area contributed by atoms with Gasteiger partial charge in [0.15, 0.2) is 5.78 Å². The smallest absolute Gasteiger partial charge is 0.170 e. The van der Waals surface area contributed by atoms with Crippen molar-refractivity contribution >= 4 is 16.7 Å². The topological polar surface area (TPSA) is 56.6 Å². The minimum Gasteiger partial charge on any atom is -0.360 e. The molecule has 1 N–H and O–H groups in total. The van der Waals surface area contributed by atoms with Gasteiger partial charge >= 0.3 is 0 Å². The molecule has 102 valence electrons. The highest BCUT2D eigenvalue weighted by Crippen LogP contribution is 2.40. The lowest BCUT2D eigenvalue weighted by molar-refractivity contribution is 0.0751. The first-order valence-electron chi connectivity index (χ1n) is 7.21. The van der Waals surface area contributed by atoms with Crippen LogP contribution in [0, 0.1) is 16.7 Å². The van der Waals surface area contributed by atoms with Gasteiger partial charge in [-0.05, 0) is 25.0 Å². The normalized spacial score (nSPS) is 17.8. The van der Waals surface area contributed by atoms with Crippen LogP contribution in [0.3, 0.4) is 0 Å². The van der Waals surface area contributed by atoms with Crippen molar-refractivity contribution < 1.29 is 4.79 Å². The maximum Gasteiger partial charge on any atom is 0.170 e. The molecule has 0 bridgehead atoms. The minimum absolute atomic E-state index is 0.186. The van der Waals surface area contributed by atoms with Gasteiger partial charge in [-0.25, -0.2) is 0 Å². The van der Waals surface area contributed by atoms with E-state index in [9.17, 15) is 10.1 Å². The van der Waals surface area contributed by atoms with E-state index < -0.39 is 0 Å². The van der Waals surface area contributed by atoms with Crippen molar-refractivity contribution in [2.75, 3.05) is 0 Å². The Labute approximate surface area is 118 Å². The van der Waals surface area contributed by atoms with Gasteiger partial charge in [0.05, 0.1) is 11.6 Å². The van der Waals surface area contributed by atoms with E-state index in [4.69, 9.17) is 0 Å². The first-order chi connectivity index (χ1) is 9.65. The van der Waals surface area contributed by atoms with Gasteiger partial charge in [-0.15, -0.1) is 0 Å². The molecule has 0 amide bonds. The monoisotopic (exact) mass is 266 g/mol. The molecule has 0 unspecified atom stereocenters. The number of nitriles is 1. The molecular weight excluding hydrogens is 248 g/mol. The highest BCUT2D eigenvalue weighted by atomic mass is 16.1. The Balaban J connectivity index is 2.11. The predicted octanol–water partition coefficient (Wildman–Crippen LogP) is 4.19. The van der Waals surface area contributed by atoms with Gasteiger partial charge in [0.25, 0.3) is 0 Å². The van der Waals surface area contributed by atoms with Gasteiger partial charge in [0.1, 0.15) is 0 Å². The second kappa shape index (κ2) is 4.79. The lowest BCUT2D eigenvalue weighted by Crippen LogP contribution is -2.30. The van der Waals surface area contributed by atoms with Crippen LogP contribution in [-0.2, 0) is 0 Å². The highest BCUT2D eigenvalue weighted by Gasteiger charge is 2.36. The third-order valence-corrected chi connectivity index (χ3v) is 4.58. The zero-order valence-corrected chi connectivity index (χ0v) is 11.7. The number of hydrogen-bond donors (Lipinski definition) is 1. The summed E-state index contributed by atoms with van der Waals surface area (Å²) in [5, 5.41) is 10.0. The second-order valence-electron chi connectivity index (χ2n) is 5.99. The summed E-state index contributed by atoms with van der Waals surface area (Å²) in [4.78, 5) is 16.1. The number of Topliss-reactive ketones (excluding diaryl/α,β-unsaturated/α-hetero) is 1. The zero-order chi connectivity index (χ0) is 14.2. The van der Waals surface area contributed by atoms with Gasteiger partial charge < -0.3 is 4.98 Å². The number of ketones is 1. The molecule has 2 aromatic rings. The van der Waals surface area contributed by atoms with Crippen LogP contribution < -0.4 is 0 Å². The van der Waals surface area contributed by atoms with Crippen molar-refractivity contribution in [2.45, 2.75) is 39.0 Å². The molecule has 1 fully saturated rings. The molecule has 1 heterocycles. The number of benzene rings is 1. The fourth-order valence-electron chi connectivity index (χ4n) is 3.34. The Morgan fingerprint density at radius 2 is 2.05 bits per heavy atom. The molecular formula is C17H18N2O. The van der Waals surface area contributed by atoms with Gasteiger partial charge in [0, 0.05) is 28.1 Å². The summed E-state index contributed by atoms with van der Waals surface area (Å²) >= 11 is 0. The molecule has 1 aromatic heterocycles. The van der Waals surface area contributed by atoms with E-state index in [1.54, 1.807) is 12.3 Å². The van der Waals surface area contributed by atoms with Crippen molar-refractivity contribution in [1.29, 1.82) is 5.26 Å². The van der Waals surface area contributed by atoms with E-state index >= 15 is 0 Å². The van der Waals surface area contributed by atoms with E-state index in [0.29, 0.717) is 11.1 Å². The van der Waals surface area contributed by atoms with Crippen LogP contribution >= 0.6 is 0 Å². The summed E-state index contributed by atoms with van der Waals surface area (Å²) < 4.78 is 0. The molecule has 3 heteroatoms. The molecule has 0 spiro atoms. The number of fused-ring (bicyclic) bond motifs is 1. The molecule has 0 saturated heterocycles. The van der Waals surface area contributed by atoms with Crippen molar-refractivity contribution in [3.05, 3.63) is 35.5 Å². The van der Waals surface area contributed by atoms with E-state index in [0.717, 1.165) is 36.6 Å². The lowest BCUT2D eigenvalue weighted by Gasteiger charge is -2.31. The summed E-state index contributed by atoms with van der Waals surface area (Å²) in [6.07, 6.45) is 7.14. The quantitative estimate of drug-likeness (QED) is 0.828. The van der Waals surface area contributed by atoms with E-state index in [-0.39, 0.29) is 11.2 Å². The molecule has 0 radical (unpaired) electrons. The average molecular weight is 266 g/mol. The molecule has 3 rings (SSSR count). The van der Waals surface area contributed by atoms with Crippen molar-refractivity contribution in [3.63, 3.8) is 0 Å². The highest BCUT2D eigenvalue weighted by molar-refractivity contribution is 6.11.